The minimum atomic E-state index is -1.01. The van der Waals surface area contributed by atoms with Crippen molar-refractivity contribution in [3.8, 4) is 5.69 Å². The number of nitrogens with zero attached hydrogens (tertiary/aromatic N) is 2. The van der Waals surface area contributed by atoms with Crippen LogP contribution in [0.4, 0.5) is 0 Å². The van der Waals surface area contributed by atoms with Gasteiger partial charge in [0.05, 0.1) is 22.5 Å². The Morgan fingerprint density at radius 3 is 2.81 bits per heavy atom. The van der Waals surface area contributed by atoms with Crippen molar-refractivity contribution in [1.29, 1.82) is 0 Å². The van der Waals surface area contributed by atoms with E-state index in [1.807, 2.05) is 0 Å². The number of aromatic nitrogens is 2. The van der Waals surface area contributed by atoms with Crippen LogP contribution in [0.2, 0.25) is 5.02 Å². The molecule has 1 heterocycles. The Bertz CT molecular complexity index is 554. The zero-order chi connectivity index (χ0) is 11.7. The fourth-order valence-electron chi connectivity index (χ4n) is 1.20. The maximum Gasteiger partial charge on any atom is 0.338 e. The molecule has 0 atom stereocenters. The lowest BCUT2D eigenvalue weighted by Crippen LogP contribution is -1.95. The van der Waals surface area contributed by atoms with E-state index in [0.717, 1.165) is 4.47 Å². The third-order valence-electron chi connectivity index (χ3n) is 2.00. The quantitative estimate of drug-likeness (QED) is 0.927. The topological polar surface area (TPSA) is 55.1 Å². The van der Waals surface area contributed by atoms with E-state index >= 15 is 0 Å². The molecular weight excluding hydrogens is 295 g/mol. The molecule has 0 saturated carbocycles. The number of halogens is 2. The van der Waals surface area contributed by atoms with Crippen molar-refractivity contribution in [2.45, 2.75) is 0 Å². The Balaban J connectivity index is 2.42. The van der Waals surface area contributed by atoms with E-state index in [-0.39, 0.29) is 5.56 Å². The highest BCUT2D eigenvalue weighted by Crippen LogP contribution is 2.24. The molecule has 2 aromatic rings. The normalized spacial score (nSPS) is 10.4. The second-order valence-corrected chi connectivity index (χ2v) is 4.34. The number of benzene rings is 1. The first-order valence-corrected chi connectivity index (χ1v) is 5.48. The zero-order valence-corrected chi connectivity index (χ0v) is 10.2. The molecule has 16 heavy (non-hydrogen) atoms. The summed E-state index contributed by atoms with van der Waals surface area (Å²) in [6.45, 7) is 0. The molecule has 0 spiro atoms. The smallest absolute Gasteiger partial charge is 0.338 e. The van der Waals surface area contributed by atoms with Crippen LogP contribution in [0.15, 0.2) is 35.1 Å². The van der Waals surface area contributed by atoms with E-state index in [9.17, 15) is 4.79 Å². The molecular formula is C10H6BrClN2O2. The third-order valence-corrected chi connectivity index (χ3v) is 3.23. The molecule has 1 N–H and O–H groups in total. The van der Waals surface area contributed by atoms with Gasteiger partial charge in [-0.2, -0.15) is 5.10 Å². The summed E-state index contributed by atoms with van der Waals surface area (Å²) in [4.78, 5) is 10.7. The summed E-state index contributed by atoms with van der Waals surface area (Å²) in [5.41, 5.74) is 0.847. The Morgan fingerprint density at radius 1 is 1.50 bits per heavy atom. The number of rotatable bonds is 2. The van der Waals surface area contributed by atoms with Gasteiger partial charge in [-0.05, 0) is 34.1 Å². The molecule has 0 fully saturated rings. The van der Waals surface area contributed by atoms with Crippen LogP contribution in [-0.4, -0.2) is 20.9 Å². The third kappa shape index (κ3) is 2.10. The monoisotopic (exact) mass is 300 g/mol. The highest BCUT2D eigenvalue weighted by atomic mass is 79.9. The van der Waals surface area contributed by atoms with Crippen LogP contribution >= 0.6 is 27.5 Å². The number of hydrogen-bond acceptors (Lipinski definition) is 2. The van der Waals surface area contributed by atoms with Crippen LogP contribution in [0.1, 0.15) is 10.4 Å². The van der Waals surface area contributed by atoms with E-state index in [4.69, 9.17) is 16.7 Å². The predicted octanol–water partition coefficient (Wildman–Crippen LogP) is 2.99. The zero-order valence-electron chi connectivity index (χ0n) is 7.89. The molecule has 0 bridgehead atoms. The van der Waals surface area contributed by atoms with Gasteiger partial charge in [0.2, 0.25) is 0 Å². The maximum absolute atomic E-state index is 10.7. The molecule has 1 aromatic carbocycles. The van der Waals surface area contributed by atoms with Crippen molar-refractivity contribution >= 4 is 33.5 Å². The summed E-state index contributed by atoms with van der Waals surface area (Å²) in [5.74, 6) is -1.01. The van der Waals surface area contributed by atoms with E-state index < -0.39 is 5.97 Å². The SMILES string of the molecule is O=C(O)c1cnn(-c2ccc(Br)c(Cl)c2)c1. The molecule has 0 radical (unpaired) electrons. The van der Waals surface area contributed by atoms with Gasteiger partial charge in [-0.25, -0.2) is 9.48 Å². The van der Waals surface area contributed by atoms with Gasteiger partial charge in [-0.1, -0.05) is 11.6 Å². The minimum absolute atomic E-state index is 0.138. The van der Waals surface area contributed by atoms with Crippen molar-refractivity contribution in [2.75, 3.05) is 0 Å². The number of hydrogen-bond donors (Lipinski definition) is 1. The van der Waals surface area contributed by atoms with E-state index in [1.54, 1.807) is 18.2 Å². The second kappa shape index (κ2) is 4.27. The maximum atomic E-state index is 10.7. The van der Waals surface area contributed by atoms with Gasteiger partial charge in [0.15, 0.2) is 0 Å². The molecule has 0 unspecified atom stereocenters. The highest BCUT2D eigenvalue weighted by Gasteiger charge is 2.07. The van der Waals surface area contributed by atoms with E-state index in [1.165, 1.54) is 17.1 Å². The number of aromatic carboxylic acids is 1. The first-order valence-electron chi connectivity index (χ1n) is 4.31. The van der Waals surface area contributed by atoms with Crippen LogP contribution in [0.25, 0.3) is 5.69 Å². The molecule has 6 heteroatoms. The lowest BCUT2D eigenvalue weighted by atomic mass is 10.3. The molecule has 0 saturated heterocycles. The van der Waals surface area contributed by atoms with Crippen molar-refractivity contribution in [3.63, 3.8) is 0 Å². The largest absolute Gasteiger partial charge is 0.478 e. The van der Waals surface area contributed by atoms with Crippen molar-refractivity contribution < 1.29 is 9.90 Å². The Morgan fingerprint density at radius 2 is 2.25 bits per heavy atom. The number of carbonyl (C=O) groups is 1. The van der Waals surface area contributed by atoms with Gasteiger partial charge in [0.25, 0.3) is 0 Å². The van der Waals surface area contributed by atoms with Gasteiger partial charge in [-0.15, -0.1) is 0 Å². The predicted molar refractivity (Wildman–Crippen MR) is 63.2 cm³/mol. The van der Waals surface area contributed by atoms with Crippen LogP contribution in [0, 0.1) is 0 Å². The summed E-state index contributed by atoms with van der Waals surface area (Å²) in [5, 5.41) is 13.2. The Hall–Kier alpha value is -1.33. The van der Waals surface area contributed by atoms with Gasteiger partial charge in [-0.3, -0.25) is 0 Å². The lowest BCUT2D eigenvalue weighted by molar-refractivity contribution is 0.0697. The lowest BCUT2D eigenvalue weighted by Gasteiger charge is -2.02. The van der Waals surface area contributed by atoms with Gasteiger partial charge < -0.3 is 5.11 Å². The molecule has 2 rings (SSSR count). The summed E-state index contributed by atoms with van der Waals surface area (Å²) in [6.07, 6.45) is 2.72. The van der Waals surface area contributed by atoms with Crippen LogP contribution in [0.3, 0.4) is 0 Å². The van der Waals surface area contributed by atoms with Gasteiger partial charge >= 0.3 is 5.97 Å². The summed E-state index contributed by atoms with van der Waals surface area (Å²) >= 11 is 9.20. The van der Waals surface area contributed by atoms with Crippen LogP contribution < -0.4 is 0 Å². The fourth-order valence-corrected chi connectivity index (χ4v) is 1.62. The Labute approximate surface area is 105 Å². The molecule has 82 valence electrons. The summed E-state index contributed by atoms with van der Waals surface area (Å²) in [7, 11) is 0. The molecule has 0 aliphatic heterocycles. The molecule has 0 aliphatic rings. The van der Waals surface area contributed by atoms with Crippen LogP contribution in [0.5, 0.6) is 0 Å². The molecule has 1 aromatic heterocycles. The van der Waals surface area contributed by atoms with Crippen molar-refractivity contribution in [3.05, 3.63) is 45.7 Å². The van der Waals surface area contributed by atoms with Crippen molar-refractivity contribution in [2.24, 2.45) is 0 Å². The highest BCUT2D eigenvalue weighted by molar-refractivity contribution is 9.10. The van der Waals surface area contributed by atoms with Crippen LogP contribution in [-0.2, 0) is 0 Å². The van der Waals surface area contributed by atoms with Crippen molar-refractivity contribution in [1.82, 2.24) is 9.78 Å². The Kier molecular flexibility index (Phi) is 2.98. The molecule has 0 aliphatic carbocycles. The van der Waals surface area contributed by atoms with E-state index in [2.05, 4.69) is 21.0 Å². The summed E-state index contributed by atoms with van der Waals surface area (Å²) in [6, 6.07) is 5.26. The fraction of sp³-hybridized carbons (Fsp3) is 0. The molecule has 4 nitrogen and oxygen atoms in total. The number of carboxylic acids is 1. The summed E-state index contributed by atoms with van der Waals surface area (Å²) < 4.78 is 2.24. The van der Waals surface area contributed by atoms with E-state index in [0.29, 0.717) is 10.7 Å². The first kappa shape index (κ1) is 11.2. The molecule has 0 amide bonds. The average molecular weight is 302 g/mol. The average Bonchev–Trinajstić information content (AvgIpc) is 2.71. The second-order valence-electron chi connectivity index (χ2n) is 3.08. The standard InChI is InChI=1S/C10H6BrClN2O2/c11-8-2-1-7(3-9(8)12)14-5-6(4-13-14)10(15)16/h1-5H,(H,15,16). The number of carboxylic acid groups (broad SMARTS) is 1. The van der Waals surface area contributed by atoms with Gasteiger partial charge in [0, 0.05) is 10.7 Å². The first-order chi connectivity index (χ1) is 7.58. The minimum Gasteiger partial charge on any atom is -0.478 e. The van der Waals surface area contributed by atoms with Gasteiger partial charge in [0.1, 0.15) is 0 Å².